The molecule has 3 aromatic rings. The highest BCUT2D eigenvalue weighted by Gasteiger charge is 2.32. The zero-order valence-corrected chi connectivity index (χ0v) is 19.4. The number of halogens is 2. The van der Waals surface area contributed by atoms with Crippen molar-refractivity contribution in [2.45, 2.75) is 26.1 Å². The van der Waals surface area contributed by atoms with E-state index in [0.717, 1.165) is 16.9 Å². The fourth-order valence-corrected chi connectivity index (χ4v) is 3.83. The van der Waals surface area contributed by atoms with Crippen molar-refractivity contribution in [3.63, 3.8) is 0 Å². The third-order valence-corrected chi connectivity index (χ3v) is 5.51. The Morgan fingerprint density at radius 3 is 2.67 bits per heavy atom. The number of anilines is 1. The van der Waals surface area contributed by atoms with E-state index < -0.39 is 18.0 Å². The number of aromatic nitrogens is 1. The zero-order valence-electron chi connectivity index (χ0n) is 17.8. The summed E-state index contributed by atoms with van der Waals surface area (Å²) in [6.07, 6.45) is -1.04. The Hall–Kier alpha value is -3.24. The number of carbonyl (C=O) groups excluding carboxylic acids is 2. The summed E-state index contributed by atoms with van der Waals surface area (Å²) in [4.78, 5) is 24.6. The molecular weight excluding hydrogens is 495 g/mol. The van der Waals surface area contributed by atoms with Crippen molar-refractivity contribution in [1.82, 2.24) is 15.8 Å². The molecule has 2 N–H and O–H groups in total. The number of hydrogen-bond acceptors (Lipinski definition) is 6. The zero-order chi connectivity index (χ0) is 23.4. The maximum atomic E-state index is 14.9. The topological polar surface area (TPSA) is 96.7 Å². The summed E-state index contributed by atoms with van der Waals surface area (Å²) in [5.41, 5.74) is 2.62. The van der Waals surface area contributed by atoms with Gasteiger partial charge in [0.2, 0.25) is 5.91 Å². The van der Waals surface area contributed by atoms with Crippen molar-refractivity contribution in [2.75, 3.05) is 18.0 Å². The van der Waals surface area contributed by atoms with E-state index in [1.165, 1.54) is 17.9 Å². The van der Waals surface area contributed by atoms with Crippen LogP contribution in [0.15, 0.2) is 57.7 Å². The number of cyclic esters (lactones) is 1. The molecule has 0 saturated carbocycles. The van der Waals surface area contributed by atoms with Gasteiger partial charge in [0, 0.05) is 25.1 Å². The third-order valence-electron chi connectivity index (χ3n) is 5.14. The summed E-state index contributed by atoms with van der Waals surface area (Å²) >= 11 is 3.24. The highest BCUT2D eigenvalue weighted by molar-refractivity contribution is 9.10. The van der Waals surface area contributed by atoms with E-state index in [2.05, 4.69) is 31.7 Å². The first kappa shape index (κ1) is 22.9. The molecule has 1 saturated heterocycles. The van der Waals surface area contributed by atoms with Crippen LogP contribution in [0.4, 0.5) is 14.9 Å². The second kappa shape index (κ2) is 10.1. The van der Waals surface area contributed by atoms with Crippen LogP contribution in [0.3, 0.4) is 0 Å². The molecule has 0 aliphatic carbocycles. The Balaban J connectivity index is 1.37. The molecule has 1 aliphatic rings. The molecule has 1 unspecified atom stereocenters. The van der Waals surface area contributed by atoms with E-state index in [9.17, 15) is 14.0 Å². The van der Waals surface area contributed by atoms with Gasteiger partial charge in [-0.15, -0.1) is 0 Å². The Bertz CT molecular complexity index is 1150. The van der Waals surface area contributed by atoms with Gasteiger partial charge in [0.1, 0.15) is 16.5 Å². The normalized spacial score (nSPS) is 15.5. The van der Waals surface area contributed by atoms with Gasteiger partial charge in [-0.25, -0.2) is 9.18 Å². The van der Waals surface area contributed by atoms with Gasteiger partial charge in [-0.05, 0) is 45.3 Å². The average molecular weight is 517 g/mol. The molecular formula is C23H22BrFN4O4. The van der Waals surface area contributed by atoms with Crippen LogP contribution in [-0.4, -0.2) is 36.4 Å². The molecule has 0 spiro atoms. The predicted octanol–water partition coefficient (Wildman–Crippen LogP) is 3.99. The standard InChI is InChI=1S/C23H22BrFN4O4/c1-14(30)27-12-19-13-29(23(31)32-19)17-6-7-20(21(25)8-17)16-4-2-15(3-5-16)10-26-11-18-9-22(24)28-33-18/h2-9,19,26H,10-13H2,1H3,(H,27,30). The predicted molar refractivity (Wildman–Crippen MR) is 123 cm³/mol. The molecule has 10 heteroatoms. The summed E-state index contributed by atoms with van der Waals surface area (Å²) in [7, 11) is 0. The molecule has 2 heterocycles. The van der Waals surface area contributed by atoms with Crippen LogP contribution in [0, 0.1) is 5.82 Å². The van der Waals surface area contributed by atoms with Crippen molar-refractivity contribution in [3.8, 4) is 11.1 Å². The number of amides is 2. The minimum Gasteiger partial charge on any atom is -0.442 e. The van der Waals surface area contributed by atoms with E-state index in [4.69, 9.17) is 9.26 Å². The van der Waals surface area contributed by atoms with E-state index in [-0.39, 0.29) is 19.0 Å². The minimum absolute atomic E-state index is 0.204. The molecule has 0 radical (unpaired) electrons. The number of nitrogens with one attached hydrogen (secondary N) is 2. The van der Waals surface area contributed by atoms with Crippen LogP contribution in [0.5, 0.6) is 0 Å². The van der Waals surface area contributed by atoms with E-state index in [1.807, 2.05) is 24.3 Å². The number of rotatable bonds is 8. The fourth-order valence-electron chi connectivity index (χ4n) is 3.51. The second-order valence-corrected chi connectivity index (χ2v) is 8.45. The number of carbonyl (C=O) groups is 2. The molecule has 4 rings (SSSR count). The average Bonchev–Trinajstić information content (AvgIpc) is 3.38. The number of nitrogens with zero attached hydrogens (tertiary/aromatic N) is 2. The Labute approximate surface area is 198 Å². The molecule has 2 amide bonds. The van der Waals surface area contributed by atoms with E-state index in [1.54, 1.807) is 18.2 Å². The maximum Gasteiger partial charge on any atom is 0.414 e. The summed E-state index contributed by atoms with van der Waals surface area (Å²) in [6, 6.07) is 14.0. The lowest BCUT2D eigenvalue weighted by Gasteiger charge is -2.15. The minimum atomic E-state index is -0.563. The number of hydrogen-bond donors (Lipinski definition) is 2. The first-order valence-corrected chi connectivity index (χ1v) is 11.1. The monoisotopic (exact) mass is 516 g/mol. The van der Waals surface area contributed by atoms with Crippen molar-refractivity contribution in [1.29, 1.82) is 0 Å². The smallest absolute Gasteiger partial charge is 0.414 e. The summed E-state index contributed by atoms with van der Waals surface area (Å²) in [5.74, 6) is 0.0844. The molecule has 2 aromatic carbocycles. The van der Waals surface area contributed by atoms with Gasteiger partial charge in [0.25, 0.3) is 0 Å². The largest absolute Gasteiger partial charge is 0.442 e. The van der Waals surface area contributed by atoms with E-state index >= 15 is 0 Å². The molecule has 172 valence electrons. The lowest BCUT2D eigenvalue weighted by atomic mass is 10.0. The van der Waals surface area contributed by atoms with Crippen molar-refractivity contribution < 1.29 is 23.2 Å². The van der Waals surface area contributed by atoms with Gasteiger partial charge >= 0.3 is 6.09 Å². The highest BCUT2D eigenvalue weighted by Crippen LogP contribution is 2.29. The summed E-state index contributed by atoms with van der Waals surface area (Å²) in [5, 5.41) is 9.65. The van der Waals surface area contributed by atoms with Crippen LogP contribution < -0.4 is 15.5 Å². The Kier molecular flexibility index (Phi) is 7.05. The quantitative estimate of drug-likeness (QED) is 0.469. The fraction of sp³-hybridized carbons (Fsp3) is 0.261. The van der Waals surface area contributed by atoms with Crippen LogP contribution in [0.1, 0.15) is 18.2 Å². The first-order chi connectivity index (χ1) is 15.9. The lowest BCUT2D eigenvalue weighted by Crippen LogP contribution is -2.33. The second-order valence-electron chi connectivity index (χ2n) is 7.63. The van der Waals surface area contributed by atoms with Gasteiger partial charge in [0.05, 0.1) is 25.3 Å². The summed E-state index contributed by atoms with van der Waals surface area (Å²) in [6.45, 7) is 3.02. The molecule has 1 atom stereocenters. The van der Waals surface area contributed by atoms with Gasteiger partial charge < -0.3 is 19.9 Å². The Morgan fingerprint density at radius 1 is 1.21 bits per heavy atom. The van der Waals surface area contributed by atoms with E-state index in [0.29, 0.717) is 28.9 Å². The maximum absolute atomic E-state index is 14.9. The molecule has 0 bridgehead atoms. The third kappa shape index (κ3) is 5.77. The van der Waals surface area contributed by atoms with Crippen LogP contribution >= 0.6 is 15.9 Å². The van der Waals surface area contributed by atoms with Gasteiger partial charge in [0.15, 0.2) is 5.76 Å². The number of benzene rings is 2. The number of ether oxygens (including phenoxy) is 1. The lowest BCUT2D eigenvalue weighted by molar-refractivity contribution is -0.119. The molecule has 8 nitrogen and oxygen atoms in total. The van der Waals surface area contributed by atoms with Crippen LogP contribution in [0.25, 0.3) is 11.1 Å². The summed E-state index contributed by atoms with van der Waals surface area (Å²) < 4.78 is 25.9. The van der Waals surface area contributed by atoms with Crippen molar-refractivity contribution >= 4 is 33.6 Å². The first-order valence-electron chi connectivity index (χ1n) is 10.3. The van der Waals surface area contributed by atoms with Crippen LogP contribution in [0.2, 0.25) is 0 Å². The molecule has 33 heavy (non-hydrogen) atoms. The molecule has 1 aliphatic heterocycles. The van der Waals surface area contributed by atoms with Crippen molar-refractivity contribution in [2.24, 2.45) is 0 Å². The van der Waals surface area contributed by atoms with Crippen LogP contribution in [-0.2, 0) is 22.6 Å². The van der Waals surface area contributed by atoms with Gasteiger partial charge in [-0.1, -0.05) is 29.4 Å². The molecule has 1 aromatic heterocycles. The highest BCUT2D eigenvalue weighted by atomic mass is 79.9. The van der Waals surface area contributed by atoms with Crippen molar-refractivity contribution in [3.05, 3.63) is 70.3 Å². The van der Waals surface area contributed by atoms with Gasteiger partial charge in [-0.2, -0.15) is 0 Å². The Morgan fingerprint density at radius 2 is 2.00 bits per heavy atom. The van der Waals surface area contributed by atoms with Gasteiger partial charge in [-0.3, -0.25) is 9.69 Å². The SMILES string of the molecule is CC(=O)NCC1CN(c2ccc(-c3ccc(CNCc4cc(Br)no4)cc3)c(F)c2)C(=O)O1. The molecule has 1 fully saturated rings.